The second-order valence-electron chi connectivity index (χ2n) is 9.01. The summed E-state index contributed by atoms with van der Waals surface area (Å²) in [6, 6.07) is 13.6. The third-order valence-corrected chi connectivity index (χ3v) is 6.75. The number of ketones is 1. The Labute approximate surface area is 250 Å². The molecule has 0 spiro atoms. The first-order valence-corrected chi connectivity index (χ1v) is 13.9. The summed E-state index contributed by atoms with van der Waals surface area (Å²) in [4.78, 5) is 48.1. The van der Waals surface area contributed by atoms with Crippen molar-refractivity contribution >= 4 is 34.9 Å². The van der Waals surface area contributed by atoms with E-state index < -0.39 is 17.7 Å². The lowest BCUT2D eigenvalue weighted by atomic mass is 9.97. The normalized spacial score (nSPS) is 13.3. The highest BCUT2D eigenvalue weighted by molar-refractivity contribution is 6.34. The Hall–Kier alpha value is -4.31. The van der Waals surface area contributed by atoms with Crippen molar-refractivity contribution in [1.82, 2.24) is 10.3 Å². The van der Waals surface area contributed by atoms with Gasteiger partial charge in [-0.3, -0.25) is 24.6 Å². The zero-order chi connectivity index (χ0) is 30.5. The predicted molar refractivity (Wildman–Crippen MR) is 161 cm³/mol. The number of halogens is 1. The number of hydrogen-bond donors (Lipinski definition) is 3. The number of pyridine rings is 1. The number of rotatable bonds is 10. The van der Waals surface area contributed by atoms with Gasteiger partial charge in [-0.2, -0.15) is 0 Å². The lowest BCUT2D eigenvalue weighted by Crippen LogP contribution is -2.32. The van der Waals surface area contributed by atoms with Crippen LogP contribution >= 0.6 is 11.6 Å². The van der Waals surface area contributed by atoms with Crippen molar-refractivity contribution < 1.29 is 29.3 Å². The van der Waals surface area contributed by atoms with Crippen LogP contribution in [0.1, 0.15) is 71.0 Å². The summed E-state index contributed by atoms with van der Waals surface area (Å²) >= 11 is 6.36. The molecule has 2 aromatic carbocycles. The average molecular weight is 592 g/mol. The number of carbonyl (C=O) groups is 3. The van der Waals surface area contributed by atoms with E-state index in [0.717, 1.165) is 18.6 Å². The van der Waals surface area contributed by atoms with Crippen LogP contribution in [0.5, 0.6) is 0 Å². The number of benzene rings is 2. The molecule has 3 aromatic rings. The molecule has 3 N–H and O–H groups in total. The van der Waals surface area contributed by atoms with Gasteiger partial charge in [0.2, 0.25) is 0 Å². The standard InChI is InChI=1S/C30H28ClN3O6.C2H6/c1-39-22-8-4-6-19(11-13-22)29(36)33-26-16-20(12-14-25(26)31)28(35)23-9-2-3-10-24(23)30(37)34-27(18-40-38)21-7-5-15-32-17-21;1-2/h2-3,5,7,9-17,27,38H,4,6,8,18H2,1H3,(H,33,36)(H,34,37);1-2H3. The van der Waals surface area contributed by atoms with Gasteiger partial charge in [0, 0.05) is 35.5 Å². The molecule has 0 aliphatic heterocycles. The molecule has 0 fully saturated rings. The molecule has 0 saturated heterocycles. The van der Waals surface area contributed by atoms with Gasteiger partial charge in [-0.15, -0.1) is 0 Å². The molecule has 0 bridgehead atoms. The number of allylic oxidation sites excluding steroid dienone is 3. The molecule has 1 aromatic heterocycles. The molecule has 0 radical (unpaired) electrons. The number of methoxy groups -OCH3 is 1. The van der Waals surface area contributed by atoms with Crippen LogP contribution in [0, 0.1) is 0 Å². The molecule has 220 valence electrons. The minimum atomic E-state index is -0.709. The summed E-state index contributed by atoms with van der Waals surface area (Å²) in [5.74, 6) is -0.504. The number of carbonyl (C=O) groups excluding carboxylic acids is 3. The van der Waals surface area contributed by atoms with Crippen LogP contribution in [0.2, 0.25) is 5.02 Å². The molecule has 1 unspecified atom stereocenters. The molecule has 1 aliphatic carbocycles. The molecule has 2 amide bonds. The van der Waals surface area contributed by atoms with Gasteiger partial charge < -0.3 is 15.4 Å². The number of nitrogens with one attached hydrogen (secondary N) is 2. The number of hydrogen-bond acceptors (Lipinski definition) is 7. The molecule has 42 heavy (non-hydrogen) atoms. The van der Waals surface area contributed by atoms with Crippen molar-refractivity contribution in [3.63, 3.8) is 0 Å². The second-order valence-corrected chi connectivity index (χ2v) is 9.42. The van der Waals surface area contributed by atoms with Gasteiger partial charge in [-0.25, -0.2) is 4.89 Å². The first kappa shape index (κ1) is 32.2. The first-order valence-electron chi connectivity index (χ1n) is 13.6. The number of anilines is 1. The Balaban J connectivity index is 0.00000237. The fraction of sp³-hybridized carbons (Fsp3) is 0.250. The highest BCUT2D eigenvalue weighted by atomic mass is 35.5. The number of aromatic nitrogens is 1. The Morgan fingerprint density at radius 3 is 2.45 bits per heavy atom. The lowest BCUT2D eigenvalue weighted by Gasteiger charge is -2.18. The zero-order valence-corrected chi connectivity index (χ0v) is 24.5. The van der Waals surface area contributed by atoms with Crippen molar-refractivity contribution in [2.45, 2.75) is 39.2 Å². The van der Waals surface area contributed by atoms with E-state index in [0.29, 0.717) is 17.6 Å². The monoisotopic (exact) mass is 591 g/mol. The van der Waals surface area contributed by atoms with E-state index in [2.05, 4.69) is 20.5 Å². The summed E-state index contributed by atoms with van der Waals surface area (Å²) in [7, 11) is 1.59. The molecule has 1 atom stereocenters. The number of nitrogens with zero attached hydrogens (tertiary/aromatic N) is 1. The van der Waals surface area contributed by atoms with Gasteiger partial charge in [-0.05, 0) is 54.8 Å². The Morgan fingerprint density at radius 2 is 1.76 bits per heavy atom. The predicted octanol–water partition coefficient (Wildman–Crippen LogP) is 6.53. The minimum Gasteiger partial charge on any atom is -0.501 e. The molecule has 10 heteroatoms. The topological polar surface area (TPSA) is 127 Å². The van der Waals surface area contributed by atoms with Crippen LogP contribution in [0.4, 0.5) is 5.69 Å². The highest BCUT2D eigenvalue weighted by Gasteiger charge is 2.23. The quantitative estimate of drug-likeness (QED) is 0.139. The fourth-order valence-electron chi connectivity index (χ4n) is 4.29. The van der Waals surface area contributed by atoms with E-state index in [-0.39, 0.29) is 39.9 Å². The molecular formula is C32H34ClN3O6. The highest BCUT2D eigenvalue weighted by Crippen LogP contribution is 2.27. The van der Waals surface area contributed by atoms with Gasteiger partial charge >= 0.3 is 0 Å². The third-order valence-electron chi connectivity index (χ3n) is 6.42. The van der Waals surface area contributed by atoms with Crippen molar-refractivity contribution in [2.24, 2.45) is 0 Å². The van der Waals surface area contributed by atoms with E-state index in [9.17, 15) is 14.4 Å². The van der Waals surface area contributed by atoms with Crippen molar-refractivity contribution in [3.8, 4) is 0 Å². The Bertz CT molecular complexity index is 1460. The Morgan fingerprint density at radius 1 is 1.00 bits per heavy atom. The number of ether oxygens (including phenoxy) is 1. The van der Waals surface area contributed by atoms with Crippen LogP contribution in [-0.2, 0) is 14.4 Å². The maximum Gasteiger partial charge on any atom is 0.252 e. The van der Waals surface area contributed by atoms with Crippen LogP contribution in [0.3, 0.4) is 0 Å². The maximum atomic E-state index is 13.6. The molecule has 4 rings (SSSR count). The van der Waals surface area contributed by atoms with Crippen molar-refractivity contribution in [1.29, 1.82) is 0 Å². The lowest BCUT2D eigenvalue weighted by molar-refractivity contribution is -0.246. The largest absolute Gasteiger partial charge is 0.501 e. The van der Waals surface area contributed by atoms with Crippen molar-refractivity contribution in [2.75, 3.05) is 19.0 Å². The van der Waals surface area contributed by atoms with Gasteiger partial charge in [0.15, 0.2) is 5.78 Å². The molecule has 1 heterocycles. The zero-order valence-electron chi connectivity index (χ0n) is 23.7. The molecule has 0 saturated carbocycles. The Kier molecular flexibility index (Phi) is 12.4. The van der Waals surface area contributed by atoms with Crippen LogP contribution < -0.4 is 10.6 Å². The van der Waals surface area contributed by atoms with E-state index in [1.165, 1.54) is 24.3 Å². The second kappa shape index (κ2) is 16.2. The van der Waals surface area contributed by atoms with E-state index in [1.807, 2.05) is 13.8 Å². The summed E-state index contributed by atoms with van der Waals surface area (Å²) in [6.07, 6.45) is 8.68. The van der Waals surface area contributed by atoms with Gasteiger partial charge in [0.05, 0.1) is 35.2 Å². The van der Waals surface area contributed by atoms with Gasteiger partial charge in [-0.1, -0.05) is 55.8 Å². The number of amides is 2. The smallest absolute Gasteiger partial charge is 0.252 e. The van der Waals surface area contributed by atoms with Crippen LogP contribution in [0.15, 0.2) is 90.5 Å². The van der Waals surface area contributed by atoms with Gasteiger partial charge in [0.1, 0.15) is 6.61 Å². The fourth-order valence-corrected chi connectivity index (χ4v) is 4.45. The summed E-state index contributed by atoms with van der Waals surface area (Å²) in [6.45, 7) is 3.78. The molecule has 9 nitrogen and oxygen atoms in total. The minimum absolute atomic E-state index is 0.129. The summed E-state index contributed by atoms with van der Waals surface area (Å²) in [5.41, 5.74) is 1.97. The van der Waals surface area contributed by atoms with Crippen LogP contribution in [-0.4, -0.2) is 41.6 Å². The van der Waals surface area contributed by atoms with Gasteiger partial charge in [0.25, 0.3) is 11.8 Å². The average Bonchev–Trinajstić information content (AvgIpc) is 3.29. The third kappa shape index (κ3) is 8.36. The van der Waals surface area contributed by atoms with Crippen LogP contribution in [0.25, 0.3) is 0 Å². The maximum absolute atomic E-state index is 13.6. The first-order chi connectivity index (χ1) is 20.4. The summed E-state index contributed by atoms with van der Waals surface area (Å²) < 4.78 is 5.28. The molecule has 1 aliphatic rings. The van der Waals surface area contributed by atoms with E-state index in [4.69, 9.17) is 21.6 Å². The molecular weight excluding hydrogens is 558 g/mol. The van der Waals surface area contributed by atoms with E-state index >= 15 is 0 Å². The SMILES string of the molecule is CC.COC1=CC=C(C(=O)Nc2cc(C(=O)c3ccccc3C(=O)NC(COO)c3cccnc3)ccc2Cl)CCC1. The van der Waals surface area contributed by atoms with E-state index in [1.54, 1.807) is 62.0 Å². The van der Waals surface area contributed by atoms with Crippen molar-refractivity contribution in [3.05, 3.63) is 118 Å². The summed E-state index contributed by atoms with van der Waals surface area (Å²) in [5, 5.41) is 14.9.